The average Bonchev–Trinajstić information content (AvgIpc) is 2.60. The number of ether oxygens (including phenoxy) is 2. The lowest BCUT2D eigenvalue weighted by atomic mass is 10.2. The summed E-state index contributed by atoms with van der Waals surface area (Å²) in [5.41, 5.74) is 5.06. The Morgan fingerprint density at radius 1 is 0.958 bits per heavy atom. The summed E-state index contributed by atoms with van der Waals surface area (Å²) in [4.78, 5) is 24.1. The molecule has 0 aliphatic heterocycles. The van der Waals surface area contributed by atoms with Gasteiger partial charge in [0.2, 0.25) is 0 Å². The Morgan fingerprint density at radius 3 is 2.33 bits per heavy atom. The van der Waals surface area contributed by atoms with Crippen LogP contribution in [0, 0.1) is 5.82 Å². The topological polar surface area (TPSA) is 76.7 Å². The molecular formula is C17H17FN2O4. The number of hydrogen-bond donors (Lipinski definition) is 2. The summed E-state index contributed by atoms with van der Waals surface area (Å²) in [6.07, 6.45) is 0. The molecule has 0 aliphatic rings. The van der Waals surface area contributed by atoms with Gasteiger partial charge < -0.3 is 9.47 Å². The van der Waals surface area contributed by atoms with Gasteiger partial charge >= 0.3 is 0 Å². The standard InChI is InChI=1S/C17H17FN2O4/c1-23-10-11-24-15-5-3-2-4-14(15)17(22)20-19-16(21)12-6-8-13(18)9-7-12/h2-9H,10-11H2,1H3,(H,19,21)(H,20,22). The van der Waals surface area contributed by atoms with E-state index in [0.29, 0.717) is 19.0 Å². The molecule has 0 spiro atoms. The van der Waals surface area contributed by atoms with E-state index < -0.39 is 17.6 Å². The first-order valence-electron chi connectivity index (χ1n) is 7.19. The zero-order chi connectivity index (χ0) is 17.4. The van der Waals surface area contributed by atoms with E-state index in [-0.39, 0.29) is 11.1 Å². The van der Waals surface area contributed by atoms with Gasteiger partial charge in [-0.2, -0.15) is 0 Å². The maximum Gasteiger partial charge on any atom is 0.273 e. The molecule has 0 aliphatic carbocycles. The van der Waals surface area contributed by atoms with Crippen LogP contribution in [0.5, 0.6) is 5.75 Å². The molecule has 0 saturated carbocycles. The molecule has 0 unspecified atom stereocenters. The fourth-order valence-electron chi connectivity index (χ4n) is 1.87. The van der Waals surface area contributed by atoms with Crippen molar-refractivity contribution in [1.29, 1.82) is 0 Å². The summed E-state index contributed by atoms with van der Waals surface area (Å²) < 4.78 is 23.2. The molecule has 2 N–H and O–H groups in total. The van der Waals surface area contributed by atoms with Crippen molar-refractivity contribution in [3.8, 4) is 5.75 Å². The molecule has 0 saturated heterocycles. The van der Waals surface area contributed by atoms with Crippen molar-refractivity contribution in [2.75, 3.05) is 20.3 Å². The molecule has 6 nitrogen and oxygen atoms in total. The molecule has 2 aromatic carbocycles. The quantitative estimate of drug-likeness (QED) is 0.626. The van der Waals surface area contributed by atoms with Gasteiger partial charge in [-0.25, -0.2) is 4.39 Å². The minimum atomic E-state index is -0.555. The van der Waals surface area contributed by atoms with E-state index in [2.05, 4.69) is 10.9 Å². The van der Waals surface area contributed by atoms with Crippen molar-refractivity contribution >= 4 is 11.8 Å². The third kappa shape index (κ3) is 4.79. The van der Waals surface area contributed by atoms with Crippen LogP contribution in [-0.4, -0.2) is 32.1 Å². The maximum absolute atomic E-state index is 12.8. The molecule has 2 rings (SSSR count). The Balaban J connectivity index is 1.97. The number of nitrogens with one attached hydrogen (secondary N) is 2. The highest BCUT2D eigenvalue weighted by molar-refractivity contribution is 6.00. The Hall–Kier alpha value is -2.93. The van der Waals surface area contributed by atoms with E-state index in [1.807, 2.05) is 0 Å². The van der Waals surface area contributed by atoms with Crippen molar-refractivity contribution in [3.63, 3.8) is 0 Å². The number of hydrogen-bond acceptors (Lipinski definition) is 4. The second kappa shape index (κ2) is 8.64. The van der Waals surface area contributed by atoms with Crippen LogP contribution in [0.2, 0.25) is 0 Å². The summed E-state index contributed by atoms with van der Waals surface area (Å²) in [5, 5.41) is 0. The molecule has 2 amide bonds. The molecule has 24 heavy (non-hydrogen) atoms. The number of benzene rings is 2. The molecule has 7 heteroatoms. The summed E-state index contributed by atoms with van der Waals surface area (Å²) in [6, 6.07) is 11.6. The zero-order valence-electron chi connectivity index (χ0n) is 13.0. The van der Waals surface area contributed by atoms with Gasteiger partial charge in [-0.15, -0.1) is 0 Å². The van der Waals surface area contributed by atoms with E-state index in [9.17, 15) is 14.0 Å². The molecule has 0 radical (unpaired) electrons. The molecule has 126 valence electrons. The average molecular weight is 332 g/mol. The third-order valence-electron chi connectivity index (χ3n) is 3.07. The number of methoxy groups -OCH3 is 1. The number of hydrazine groups is 1. The van der Waals surface area contributed by atoms with E-state index in [1.54, 1.807) is 31.4 Å². The lowest BCUT2D eigenvalue weighted by Gasteiger charge is -2.12. The highest BCUT2D eigenvalue weighted by Crippen LogP contribution is 2.17. The van der Waals surface area contributed by atoms with Crippen molar-refractivity contribution < 1.29 is 23.5 Å². The van der Waals surface area contributed by atoms with Gasteiger partial charge in [-0.05, 0) is 36.4 Å². The van der Waals surface area contributed by atoms with Crippen molar-refractivity contribution in [2.24, 2.45) is 0 Å². The predicted octanol–water partition coefficient (Wildman–Crippen LogP) is 1.93. The Kier molecular flexibility index (Phi) is 6.27. The number of carbonyl (C=O) groups is 2. The van der Waals surface area contributed by atoms with E-state index >= 15 is 0 Å². The zero-order valence-corrected chi connectivity index (χ0v) is 13.0. The molecule has 2 aromatic rings. The molecule has 0 bridgehead atoms. The van der Waals surface area contributed by atoms with Crippen LogP contribution < -0.4 is 15.6 Å². The second-order valence-electron chi connectivity index (χ2n) is 4.75. The van der Waals surface area contributed by atoms with E-state index in [4.69, 9.17) is 9.47 Å². The van der Waals surface area contributed by atoms with Crippen molar-refractivity contribution in [3.05, 3.63) is 65.5 Å². The highest BCUT2D eigenvalue weighted by atomic mass is 19.1. The minimum absolute atomic E-state index is 0.223. The fraction of sp³-hybridized carbons (Fsp3) is 0.176. The van der Waals surface area contributed by atoms with Crippen LogP contribution in [0.3, 0.4) is 0 Å². The number of carbonyl (C=O) groups excluding carboxylic acids is 2. The molecule has 0 atom stereocenters. The first-order chi connectivity index (χ1) is 11.6. The van der Waals surface area contributed by atoms with Crippen molar-refractivity contribution in [1.82, 2.24) is 10.9 Å². The van der Waals surface area contributed by atoms with Gasteiger partial charge in [-0.3, -0.25) is 20.4 Å². The van der Waals surface area contributed by atoms with Gasteiger partial charge in [0, 0.05) is 12.7 Å². The Morgan fingerprint density at radius 2 is 1.62 bits per heavy atom. The smallest absolute Gasteiger partial charge is 0.273 e. The monoisotopic (exact) mass is 332 g/mol. The van der Waals surface area contributed by atoms with Gasteiger partial charge in [0.1, 0.15) is 18.2 Å². The first kappa shape index (κ1) is 17.4. The third-order valence-corrected chi connectivity index (χ3v) is 3.07. The number of para-hydroxylation sites is 1. The summed E-state index contributed by atoms with van der Waals surface area (Å²) in [6.45, 7) is 0.681. The maximum atomic E-state index is 12.8. The molecule has 0 aromatic heterocycles. The number of halogens is 1. The van der Waals surface area contributed by atoms with Crippen molar-refractivity contribution in [2.45, 2.75) is 0 Å². The van der Waals surface area contributed by atoms with E-state index in [1.165, 1.54) is 12.1 Å². The predicted molar refractivity (Wildman–Crippen MR) is 85.1 cm³/mol. The minimum Gasteiger partial charge on any atom is -0.490 e. The van der Waals surface area contributed by atoms with Crippen LogP contribution >= 0.6 is 0 Å². The Bertz CT molecular complexity index is 704. The lowest BCUT2D eigenvalue weighted by Crippen LogP contribution is -2.41. The van der Waals surface area contributed by atoms with Crippen LogP contribution in [-0.2, 0) is 4.74 Å². The number of rotatable bonds is 6. The van der Waals surface area contributed by atoms with E-state index in [0.717, 1.165) is 12.1 Å². The molecule has 0 heterocycles. The first-order valence-corrected chi connectivity index (χ1v) is 7.19. The second-order valence-corrected chi connectivity index (χ2v) is 4.75. The van der Waals surface area contributed by atoms with Crippen LogP contribution in [0.15, 0.2) is 48.5 Å². The summed E-state index contributed by atoms with van der Waals surface area (Å²) in [5.74, 6) is -1.15. The Labute approximate surface area is 138 Å². The van der Waals surface area contributed by atoms with Crippen LogP contribution in [0.25, 0.3) is 0 Å². The van der Waals surface area contributed by atoms with Gasteiger partial charge in [0.05, 0.1) is 12.2 Å². The number of amides is 2. The highest BCUT2D eigenvalue weighted by Gasteiger charge is 2.13. The van der Waals surface area contributed by atoms with Gasteiger partial charge in [-0.1, -0.05) is 12.1 Å². The SMILES string of the molecule is COCCOc1ccccc1C(=O)NNC(=O)c1ccc(F)cc1. The largest absolute Gasteiger partial charge is 0.490 e. The lowest BCUT2D eigenvalue weighted by molar-refractivity contribution is 0.0842. The molecular weight excluding hydrogens is 315 g/mol. The summed E-state index contributed by atoms with van der Waals surface area (Å²) in [7, 11) is 1.55. The molecule has 0 fully saturated rings. The normalized spacial score (nSPS) is 10.1. The van der Waals surface area contributed by atoms with Crippen LogP contribution in [0.1, 0.15) is 20.7 Å². The van der Waals surface area contributed by atoms with Gasteiger partial charge in [0.15, 0.2) is 0 Å². The van der Waals surface area contributed by atoms with Gasteiger partial charge in [0.25, 0.3) is 11.8 Å². The summed E-state index contributed by atoms with van der Waals surface area (Å²) >= 11 is 0. The van der Waals surface area contributed by atoms with Crippen LogP contribution in [0.4, 0.5) is 4.39 Å². The fourth-order valence-corrected chi connectivity index (χ4v) is 1.87.